The number of halogens is 1. The van der Waals surface area contributed by atoms with Gasteiger partial charge in [-0.25, -0.2) is 22.3 Å². The van der Waals surface area contributed by atoms with Crippen LogP contribution >= 0.6 is 0 Å². The largest absolute Gasteiger partial charge is 0.387 e. The first-order valence-corrected chi connectivity index (χ1v) is 11.3. The molecule has 0 spiro atoms. The zero-order valence-electron chi connectivity index (χ0n) is 17.6. The van der Waals surface area contributed by atoms with E-state index in [0.717, 1.165) is 11.1 Å². The third-order valence-electron chi connectivity index (χ3n) is 5.31. The second-order valence-electron chi connectivity index (χ2n) is 7.69. The topological polar surface area (TPSA) is 129 Å². The van der Waals surface area contributed by atoms with E-state index in [-0.39, 0.29) is 21.8 Å². The fraction of sp³-hybridized carbons (Fsp3) is 0.238. The number of benzene rings is 2. The fourth-order valence-corrected chi connectivity index (χ4v) is 5.24. The highest BCUT2D eigenvalue weighted by Gasteiger charge is 2.23. The Hall–Kier alpha value is -3.44. The molecule has 4 aromatic rings. The second-order valence-corrected chi connectivity index (χ2v) is 9.37. The van der Waals surface area contributed by atoms with E-state index < -0.39 is 27.3 Å². The van der Waals surface area contributed by atoms with Crippen LogP contribution in [0.4, 0.5) is 10.1 Å². The predicted molar refractivity (Wildman–Crippen MR) is 121 cm³/mol. The van der Waals surface area contributed by atoms with Crippen molar-refractivity contribution in [2.75, 3.05) is 12.4 Å². The molecule has 2 heterocycles. The minimum Gasteiger partial charge on any atom is -0.387 e. The summed E-state index contributed by atoms with van der Waals surface area (Å²) >= 11 is 0. The average molecular weight is 460 g/mol. The Balaban J connectivity index is 1.67. The summed E-state index contributed by atoms with van der Waals surface area (Å²) in [5.41, 5.74) is 0.677. The van der Waals surface area contributed by atoms with Crippen LogP contribution in [0.5, 0.6) is 0 Å². The molecular weight excluding hydrogens is 437 g/mol. The van der Waals surface area contributed by atoms with Gasteiger partial charge < -0.3 is 10.3 Å². The van der Waals surface area contributed by atoms with Crippen LogP contribution in [0, 0.1) is 5.82 Å². The summed E-state index contributed by atoms with van der Waals surface area (Å²) in [5, 5.41) is 3.72. The third-order valence-corrected chi connectivity index (χ3v) is 6.94. The molecule has 0 saturated heterocycles. The third kappa shape index (κ3) is 3.92. The van der Waals surface area contributed by atoms with Gasteiger partial charge >= 0.3 is 5.69 Å². The smallest absolute Gasteiger partial charge is 0.328 e. The Morgan fingerprint density at radius 1 is 1.12 bits per heavy atom. The zero-order valence-corrected chi connectivity index (χ0v) is 18.4. The molecule has 1 atom stereocenters. The van der Waals surface area contributed by atoms with Gasteiger partial charge in [0.25, 0.3) is 5.56 Å². The van der Waals surface area contributed by atoms with Crippen LogP contribution in [0.2, 0.25) is 0 Å². The number of sulfonamides is 1. The molecule has 9 nitrogen and oxygen atoms in total. The molecule has 4 rings (SSSR count). The number of aromatic nitrogens is 3. The van der Waals surface area contributed by atoms with Gasteiger partial charge in [-0.05, 0) is 48.7 Å². The molecule has 0 aliphatic rings. The van der Waals surface area contributed by atoms with E-state index in [2.05, 4.69) is 20.0 Å². The number of anilines is 1. The Morgan fingerprint density at radius 2 is 1.88 bits per heavy atom. The lowest BCUT2D eigenvalue weighted by Crippen LogP contribution is -2.35. The van der Waals surface area contributed by atoms with Crippen molar-refractivity contribution in [2.45, 2.75) is 24.3 Å². The van der Waals surface area contributed by atoms with Crippen LogP contribution in [-0.2, 0) is 23.5 Å². The van der Waals surface area contributed by atoms with Gasteiger partial charge in [-0.2, -0.15) is 0 Å². The van der Waals surface area contributed by atoms with Crippen LogP contribution < -0.4 is 21.3 Å². The van der Waals surface area contributed by atoms with Crippen LogP contribution in [0.3, 0.4) is 0 Å². The van der Waals surface area contributed by atoms with Gasteiger partial charge in [-0.3, -0.25) is 14.3 Å². The van der Waals surface area contributed by atoms with E-state index in [1.807, 2.05) is 6.07 Å². The molecule has 0 aliphatic heterocycles. The molecule has 2 aromatic heterocycles. The van der Waals surface area contributed by atoms with E-state index in [1.165, 1.54) is 35.9 Å². The number of aromatic amines is 2. The van der Waals surface area contributed by atoms with Crippen LogP contribution in [0.1, 0.15) is 12.6 Å². The molecule has 0 saturated carbocycles. The number of aryl methyl sites for hydroxylation is 1. The van der Waals surface area contributed by atoms with Crippen molar-refractivity contribution < 1.29 is 12.8 Å². The summed E-state index contributed by atoms with van der Waals surface area (Å²) in [7, 11) is -0.976. The van der Waals surface area contributed by atoms with Gasteiger partial charge in [0.05, 0.1) is 16.6 Å². The van der Waals surface area contributed by atoms with Gasteiger partial charge in [-0.1, -0.05) is 0 Å². The Morgan fingerprint density at radius 3 is 2.59 bits per heavy atom. The summed E-state index contributed by atoms with van der Waals surface area (Å²) in [6, 6.07) is 8.44. The maximum atomic E-state index is 13.4. The maximum Gasteiger partial charge on any atom is 0.328 e. The van der Waals surface area contributed by atoms with Crippen molar-refractivity contribution in [3.63, 3.8) is 0 Å². The number of hydrogen-bond donors (Lipinski definition) is 4. The van der Waals surface area contributed by atoms with Crippen LogP contribution in [0.25, 0.3) is 21.8 Å². The normalized spacial score (nSPS) is 13.0. The molecule has 0 radical (unpaired) electrons. The Labute approximate surface area is 182 Å². The number of nitrogens with one attached hydrogen (secondary N) is 4. The summed E-state index contributed by atoms with van der Waals surface area (Å²) in [6.45, 7) is 1.71. The van der Waals surface area contributed by atoms with E-state index >= 15 is 0 Å². The molecular formula is C21H22FN5O4S. The summed E-state index contributed by atoms with van der Waals surface area (Å²) < 4.78 is 43.6. The highest BCUT2D eigenvalue weighted by molar-refractivity contribution is 7.89. The molecule has 168 valence electrons. The predicted octanol–water partition coefficient (Wildman–Crippen LogP) is 1.80. The van der Waals surface area contributed by atoms with Gasteiger partial charge in [0.1, 0.15) is 10.7 Å². The lowest BCUT2D eigenvalue weighted by molar-refractivity contribution is 0.559. The summed E-state index contributed by atoms with van der Waals surface area (Å²) in [6.07, 6.45) is 0.340. The number of rotatable bonds is 6. The highest BCUT2D eigenvalue weighted by Crippen LogP contribution is 2.26. The van der Waals surface area contributed by atoms with Crippen molar-refractivity contribution in [3.8, 4) is 0 Å². The number of hydrogen-bond acceptors (Lipinski definition) is 5. The van der Waals surface area contributed by atoms with Crippen molar-refractivity contribution >= 4 is 37.5 Å². The zero-order chi connectivity index (χ0) is 23.2. The van der Waals surface area contributed by atoms with Crippen molar-refractivity contribution in [1.29, 1.82) is 0 Å². The minimum atomic E-state index is -4.02. The average Bonchev–Trinajstić information content (AvgIpc) is 3.11. The first-order chi connectivity index (χ1) is 15.1. The van der Waals surface area contributed by atoms with E-state index in [9.17, 15) is 22.4 Å². The molecule has 4 N–H and O–H groups in total. The number of H-pyrrole nitrogens is 2. The standard InChI is InChI=1S/C21H22FN5O4S/c1-11(6-14-7-12-4-5-13(22)8-16(12)24-14)26-32(30,31)19-9-15-18(10-17(19)23-2)27(3)21(29)25-20(15)28/h4-5,7-11,23-24,26H,6H2,1-3H3,(H,25,28,29)/t11-/m1/s1. The monoisotopic (exact) mass is 459 g/mol. The summed E-state index contributed by atoms with van der Waals surface area (Å²) in [4.78, 5) is 29.3. The Bertz CT molecular complexity index is 1570. The summed E-state index contributed by atoms with van der Waals surface area (Å²) in [5.74, 6) is -0.358. The van der Waals surface area contributed by atoms with Gasteiger partial charge in [-0.15, -0.1) is 0 Å². The molecule has 11 heteroatoms. The molecule has 0 bridgehead atoms. The maximum absolute atomic E-state index is 13.4. The van der Waals surface area contributed by atoms with Gasteiger partial charge in [0.15, 0.2) is 0 Å². The van der Waals surface area contributed by atoms with Gasteiger partial charge in [0, 0.05) is 37.8 Å². The molecule has 0 fully saturated rings. The second kappa shape index (κ2) is 7.92. The van der Waals surface area contributed by atoms with E-state index in [4.69, 9.17) is 0 Å². The fourth-order valence-electron chi connectivity index (χ4n) is 3.77. The molecule has 0 amide bonds. The van der Waals surface area contributed by atoms with Crippen LogP contribution in [0.15, 0.2) is 50.9 Å². The number of nitrogens with zero attached hydrogens (tertiary/aromatic N) is 1. The van der Waals surface area contributed by atoms with Crippen molar-refractivity contribution in [2.24, 2.45) is 7.05 Å². The molecule has 0 aliphatic carbocycles. The quantitative estimate of drug-likeness (QED) is 0.350. The molecule has 0 unspecified atom stereocenters. The SMILES string of the molecule is CNc1cc2c(cc1S(=O)(=O)N[C@H](C)Cc1cc3ccc(F)cc3[nH]1)c(=O)[nH]c(=O)n2C. The lowest BCUT2D eigenvalue weighted by Gasteiger charge is -2.17. The Kier molecular flexibility index (Phi) is 5.39. The van der Waals surface area contributed by atoms with E-state index in [0.29, 0.717) is 17.5 Å². The highest BCUT2D eigenvalue weighted by atomic mass is 32.2. The van der Waals surface area contributed by atoms with Crippen molar-refractivity contribution in [3.05, 3.63) is 68.7 Å². The first kappa shape index (κ1) is 21.8. The van der Waals surface area contributed by atoms with E-state index in [1.54, 1.807) is 20.0 Å². The first-order valence-electron chi connectivity index (χ1n) is 9.83. The van der Waals surface area contributed by atoms with Crippen LogP contribution in [-0.4, -0.2) is 36.0 Å². The molecule has 2 aromatic carbocycles. The van der Waals surface area contributed by atoms with Gasteiger partial charge in [0.2, 0.25) is 10.0 Å². The molecule has 32 heavy (non-hydrogen) atoms. The minimum absolute atomic E-state index is 0.0803. The number of fused-ring (bicyclic) bond motifs is 2. The van der Waals surface area contributed by atoms with Crippen molar-refractivity contribution in [1.82, 2.24) is 19.3 Å². The lowest BCUT2D eigenvalue weighted by atomic mass is 10.2.